The van der Waals surface area contributed by atoms with E-state index in [0.29, 0.717) is 6.61 Å². The number of benzene rings is 1. The summed E-state index contributed by atoms with van der Waals surface area (Å²) in [7, 11) is 0. The fourth-order valence-corrected chi connectivity index (χ4v) is 2.63. The van der Waals surface area contributed by atoms with E-state index in [9.17, 15) is 4.79 Å². The molecule has 0 aliphatic carbocycles. The van der Waals surface area contributed by atoms with Crippen LogP contribution in [0.4, 0.5) is 5.69 Å². The van der Waals surface area contributed by atoms with Gasteiger partial charge in [-0.05, 0) is 24.5 Å². The number of rotatable bonds is 1. The fourth-order valence-electron chi connectivity index (χ4n) is 2.63. The number of para-hydroxylation sites is 1. The van der Waals surface area contributed by atoms with Crippen LogP contribution in [0.2, 0.25) is 0 Å². The summed E-state index contributed by atoms with van der Waals surface area (Å²) in [5.41, 5.74) is 2.21. The molecule has 2 aliphatic rings. The zero-order chi connectivity index (χ0) is 12.4. The molecule has 0 spiro atoms. The van der Waals surface area contributed by atoms with Crippen molar-refractivity contribution in [3.8, 4) is 0 Å². The van der Waals surface area contributed by atoms with E-state index in [4.69, 9.17) is 4.74 Å². The van der Waals surface area contributed by atoms with Crippen LogP contribution in [0.3, 0.4) is 0 Å². The number of anilines is 1. The average molecular weight is 246 g/mol. The van der Waals surface area contributed by atoms with Crippen molar-refractivity contribution in [3.63, 3.8) is 0 Å². The van der Waals surface area contributed by atoms with Crippen LogP contribution in [0.5, 0.6) is 0 Å². The van der Waals surface area contributed by atoms with Crippen LogP contribution < -0.4 is 10.2 Å². The van der Waals surface area contributed by atoms with Crippen molar-refractivity contribution in [1.82, 2.24) is 5.32 Å². The Labute approximate surface area is 107 Å². The van der Waals surface area contributed by atoms with E-state index in [0.717, 1.165) is 38.2 Å². The molecule has 3 rings (SSSR count). The van der Waals surface area contributed by atoms with Gasteiger partial charge < -0.3 is 15.0 Å². The van der Waals surface area contributed by atoms with E-state index in [1.807, 2.05) is 23.1 Å². The SMILES string of the molecule is O=C(C1CCCO1)N1CCNCc2ccccc21. The van der Waals surface area contributed by atoms with E-state index < -0.39 is 0 Å². The number of hydrogen-bond donors (Lipinski definition) is 1. The van der Waals surface area contributed by atoms with Gasteiger partial charge in [0.15, 0.2) is 0 Å². The van der Waals surface area contributed by atoms with Crippen LogP contribution in [0.25, 0.3) is 0 Å². The largest absolute Gasteiger partial charge is 0.368 e. The maximum Gasteiger partial charge on any atom is 0.256 e. The monoisotopic (exact) mass is 246 g/mol. The minimum Gasteiger partial charge on any atom is -0.368 e. The molecule has 4 nitrogen and oxygen atoms in total. The van der Waals surface area contributed by atoms with E-state index >= 15 is 0 Å². The Balaban J connectivity index is 1.88. The second-order valence-electron chi connectivity index (χ2n) is 4.80. The van der Waals surface area contributed by atoms with Gasteiger partial charge >= 0.3 is 0 Å². The first-order valence-corrected chi connectivity index (χ1v) is 6.58. The standard InChI is InChI=1S/C14H18N2O2/c17-14(13-6-3-9-18-13)16-8-7-15-10-11-4-1-2-5-12(11)16/h1-2,4-5,13,15H,3,6-10H2. The van der Waals surface area contributed by atoms with Gasteiger partial charge in [0.1, 0.15) is 6.10 Å². The third-order valence-corrected chi connectivity index (χ3v) is 3.58. The third kappa shape index (κ3) is 2.13. The van der Waals surface area contributed by atoms with Crippen molar-refractivity contribution in [2.45, 2.75) is 25.5 Å². The number of fused-ring (bicyclic) bond motifs is 1. The van der Waals surface area contributed by atoms with Crippen molar-refractivity contribution < 1.29 is 9.53 Å². The van der Waals surface area contributed by atoms with Gasteiger partial charge in [0.2, 0.25) is 0 Å². The summed E-state index contributed by atoms with van der Waals surface area (Å²) >= 11 is 0. The van der Waals surface area contributed by atoms with Crippen LogP contribution >= 0.6 is 0 Å². The first-order valence-electron chi connectivity index (χ1n) is 6.58. The Bertz CT molecular complexity index is 441. The van der Waals surface area contributed by atoms with Gasteiger partial charge in [-0.3, -0.25) is 4.79 Å². The molecule has 96 valence electrons. The molecule has 1 atom stereocenters. The molecule has 18 heavy (non-hydrogen) atoms. The highest BCUT2D eigenvalue weighted by Crippen LogP contribution is 2.25. The maximum atomic E-state index is 12.5. The van der Waals surface area contributed by atoms with Gasteiger partial charge in [0, 0.05) is 31.9 Å². The minimum atomic E-state index is -0.240. The van der Waals surface area contributed by atoms with Gasteiger partial charge in [-0.15, -0.1) is 0 Å². The summed E-state index contributed by atoms with van der Waals surface area (Å²) in [5.74, 6) is 0.114. The molecule has 2 heterocycles. The molecule has 1 fully saturated rings. The van der Waals surface area contributed by atoms with Crippen molar-refractivity contribution in [1.29, 1.82) is 0 Å². The molecule has 0 saturated carbocycles. The Morgan fingerprint density at radius 3 is 3.11 bits per heavy atom. The van der Waals surface area contributed by atoms with E-state index in [-0.39, 0.29) is 12.0 Å². The normalized spacial score (nSPS) is 23.6. The molecule has 2 aliphatic heterocycles. The van der Waals surface area contributed by atoms with Crippen LogP contribution in [0.1, 0.15) is 18.4 Å². The second kappa shape index (κ2) is 5.08. The van der Waals surface area contributed by atoms with Crippen LogP contribution in [-0.2, 0) is 16.1 Å². The number of carbonyl (C=O) groups excluding carboxylic acids is 1. The molecule has 0 aromatic heterocycles. The minimum absolute atomic E-state index is 0.114. The number of nitrogens with one attached hydrogen (secondary N) is 1. The molecule has 4 heteroatoms. The summed E-state index contributed by atoms with van der Waals surface area (Å²) in [6, 6.07) is 8.10. The highest BCUT2D eigenvalue weighted by molar-refractivity contribution is 5.97. The molecule has 1 unspecified atom stereocenters. The Morgan fingerprint density at radius 1 is 1.39 bits per heavy atom. The maximum absolute atomic E-state index is 12.5. The highest BCUT2D eigenvalue weighted by Gasteiger charge is 2.30. The average Bonchev–Trinajstić information content (AvgIpc) is 2.85. The topological polar surface area (TPSA) is 41.6 Å². The number of hydrogen-bond acceptors (Lipinski definition) is 3. The lowest BCUT2D eigenvalue weighted by atomic mass is 10.1. The van der Waals surface area contributed by atoms with Crippen LogP contribution in [-0.4, -0.2) is 31.7 Å². The zero-order valence-electron chi connectivity index (χ0n) is 10.4. The summed E-state index contributed by atoms with van der Waals surface area (Å²) in [6.07, 6.45) is 1.60. The molecule has 1 aromatic carbocycles. The second-order valence-corrected chi connectivity index (χ2v) is 4.80. The van der Waals surface area contributed by atoms with Gasteiger partial charge in [0.25, 0.3) is 5.91 Å². The van der Waals surface area contributed by atoms with Crippen LogP contribution in [0, 0.1) is 0 Å². The predicted octanol–water partition coefficient (Wildman–Crippen LogP) is 1.30. The van der Waals surface area contributed by atoms with Gasteiger partial charge in [-0.25, -0.2) is 0 Å². The fraction of sp³-hybridized carbons (Fsp3) is 0.500. The van der Waals surface area contributed by atoms with Gasteiger partial charge in [0.05, 0.1) is 0 Å². The summed E-state index contributed by atoms with van der Waals surface area (Å²) in [5, 5.41) is 3.34. The number of ether oxygens (including phenoxy) is 1. The van der Waals surface area contributed by atoms with Crippen molar-refractivity contribution in [2.24, 2.45) is 0 Å². The lowest BCUT2D eigenvalue weighted by Crippen LogP contribution is -2.41. The van der Waals surface area contributed by atoms with E-state index in [1.165, 1.54) is 5.56 Å². The van der Waals surface area contributed by atoms with E-state index in [1.54, 1.807) is 0 Å². The van der Waals surface area contributed by atoms with Gasteiger partial charge in [-0.1, -0.05) is 18.2 Å². The molecule has 0 radical (unpaired) electrons. The van der Waals surface area contributed by atoms with Crippen LogP contribution in [0.15, 0.2) is 24.3 Å². The molecule has 1 N–H and O–H groups in total. The van der Waals surface area contributed by atoms with Crippen molar-refractivity contribution in [2.75, 3.05) is 24.6 Å². The lowest BCUT2D eigenvalue weighted by molar-refractivity contribution is -0.127. The quantitative estimate of drug-likeness (QED) is 0.812. The van der Waals surface area contributed by atoms with Crippen molar-refractivity contribution >= 4 is 11.6 Å². The molecule has 0 bridgehead atoms. The number of carbonyl (C=O) groups is 1. The van der Waals surface area contributed by atoms with E-state index in [2.05, 4.69) is 11.4 Å². The molecular weight excluding hydrogens is 228 g/mol. The third-order valence-electron chi connectivity index (χ3n) is 3.58. The molecular formula is C14H18N2O2. The molecule has 1 amide bonds. The predicted molar refractivity (Wildman–Crippen MR) is 69.5 cm³/mol. The Kier molecular flexibility index (Phi) is 3.30. The first kappa shape index (κ1) is 11.7. The summed E-state index contributed by atoms with van der Waals surface area (Å²) < 4.78 is 5.51. The van der Waals surface area contributed by atoms with Gasteiger partial charge in [-0.2, -0.15) is 0 Å². The smallest absolute Gasteiger partial charge is 0.256 e. The highest BCUT2D eigenvalue weighted by atomic mass is 16.5. The number of nitrogens with zero attached hydrogens (tertiary/aromatic N) is 1. The Hall–Kier alpha value is -1.39. The summed E-state index contributed by atoms with van der Waals surface area (Å²) in [4.78, 5) is 14.4. The Morgan fingerprint density at radius 2 is 2.28 bits per heavy atom. The first-order chi connectivity index (χ1) is 8.86. The molecule has 1 saturated heterocycles. The number of amides is 1. The zero-order valence-corrected chi connectivity index (χ0v) is 10.4. The summed E-state index contributed by atoms with van der Waals surface area (Å²) in [6.45, 7) is 3.08. The van der Waals surface area contributed by atoms with Crippen molar-refractivity contribution in [3.05, 3.63) is 29.8 Å². The lowest BCUT2D eigenvalue weighted by Gasteiger charge is -2.25. The molecule has 1 aromatic rings.